The average Bonchev–Trinajstić information content (AvgIpc) is 2.71. The maximum Gasteiger partial charge on any atom is 0.257 e. The number of likely N-dealkylation sites (N-methyl/N-ethyl adjacent to an activating group) is 1. The number of amides is 3. The second kappa shape index (κ2) is 10.3. The number of benzene rings is 1. The first-order chi connectivity index (χ1) is 15.2. The first kappa shape index (κ1) is 24.0. The van der Waals surface area contributed by atoms with Crippen LogP contribution in [0.1, 0.15) is 50.4 Å². The molecule has 3 amide bonds. The van der Waals surface area contributed by atoms with Crippen LogP contribution in [0.2, 0.25) is 0 Å². The summed E-state index contributed by atoms with van der Waals surface area (Å²) in [4.78, 5) is 41.5. The first-order valence-electron chi connectivity index (χ1n) is 11.3. The van der Waals surface area contributed by atoms with Gasteiger partial charge in [0, 0.05) is 51.7 Å². The lowest BCUT2D eigenvalue weighted by molar-refractivity contribution is -0.142. The molecule has 0 radical (unpaired) electrons. The smallest absolute Gasteiger partial charge is 0.257 e. The second-order valence-electron chi connectivity index (χ2n) is 9.11. The molecule has 3 rings (SSSR count). The highest BCUT2D eigenvalue weighted by molar-refractivity contribution is 5.99. The summed E-state index contributed by atoms with van der Waals surface area (Å²) in [5.74, 6) is 0.309. The second-order valence-corrected chi connectivity index (χ2v) is 9.11. The van der Waals surface area contributed by atoms with Gasteiger partial charge in [0.25, 0.3) is 5.91 Å². The Hall–Kier alpha value is -2.61. The molecule has 0 bridgehead atoms. The van der Waals surface area contributed by atoms with Crippen molar-refractivity contribution in [1.29, 1.82) is 0 Å². The number of hydrogen-bond acceptors (Lipinski definition) is 5. The van der Waals surface area contributed by atoms with E-state index in [-0.39, 0.29) is 48.3 Å². The molecule has 0 aromatic heterocycles. The number of rotatable bonds is 3. The molecule has 1 saturated carbocycles. The van der Waals surface area contributed by atoms with Crippen LogP contribution in [0.3, 0.4) is 0 Å². The van der Waals surface area contributed by atoms with Crippen molar-refractivity contribution in [3.63, 3.8) is 0 Å². The Morgan fingerprint density at radius 3 is 2.50 bits per heavy atom. The Balaban J connectivity index is 1.95. The van der Waals surface area contributed by atoms with Crippen LogP contribution in [0, 0.1) is 11.8 Å². The quantitative estimate of drug-likeness (QED) is 0.773. The number of anilines is 1. The van der Waals surface area contributed by atoms with Crippen LogP contribution in [0.25, 0.3) is 0 Å². The fourth-order valence-electron chi connectivity index (χ4n) is 4.25. The monoisotopic (exact) mass is 445 g/mol. The molecule has 1 fully saturated rings. The van der Waals surface area contributed by atoms with Crippen molar-refractivity contribution >= 4 is 23.4 Å². The van der Waals surface area contributed by atoms with Crippen molar-refractivity contribution in [3.8, 4) is 5.75 Å². The number of ether oxygens (including phenoxy) is 2. The summed E-state index contributed by atoms with van der Waals surface area (Å²) in [5, 5.41) is 2.72. The molecular weight excluding hydrogens is 410 g/mol. The first-order valence-corrected chi connectivity index (χ1v) is 11.3. The molecule has 1 N–H and O–H groups in total. The Morgan fingerprint density at radius 2 is 1.91 bits per heavy atom. The molecular formula is C24H35N3O5. The van der Waals surface area contributed by atoms with Gasteiger partial charge in [0.15, 0.2) is 0 Å². The number of methoxy groups -OCH3 is 1. The van der Waals surface area contributed by atoms with Gasteiger partial charge in [0.2, 0.25) is 11.8 Å². The van der Waals surface area contributed by atoms with Crippen molar-refractivity contribution in [2.75, 3.05) is 39.2 Å². The molecule has 0 unspecified atom stereocenters. The zero-order chi connectivity index (χ0) is 23.4. The largest absolute Gasteiger partial charge is 0.491 e. The summed E-state index contributed by atoms with van der Waals surface area (Å²) in [7, 11) is 3.36. The standard InChI is InChI=1S/C24H35N3O5/c1-15-12-27(23(29)18-7-6-8-18)16(2)14-32-21-10-9-19(25-17(3)28)11-20(21)24(30)26(4)13-22(15)31-5/h9-11,15-16,18,22H,6-8,12-14H2,1-5H3,(H,25,28)/t15-,16+,22-/m1/s1. The summed E-state index contributed by atoms with van der Waals surface area (Å²) in [6, 6.07) is 4.88. The number of nitrogens with one attached hydrogen (secondary N) is 1. The summed E-state index contributed by atoms with van der Waals surface area (Å²) in [5.41, 5.74) is 0.895. The number of fused-ring (bicyclic) bond motifs is 1. The van der Waals surface area contributed by atoms with Gasteiger partial charge in [-0.05, 0) is 38.0 Å². The maximum absolute atomic E-state index is 13.3. The van der Waals surface area contributed by atoms with Crippen molar-refractivity contribution in [2.45, 2.75) is 52.2 Å². The Labute approximate surface area is 190 Å². The predicted octanol–water partition coefficient (Wildman–Crippen LogP) is 2.78. The third-order valence-corrected chi connectivity index (χ3v) is 6.50. The van der Waals surface area contributed by atoms with E-state index < -0.39 is 0 Å². The van der Waals surface area contributed by atoms with Crippen molar-refractivity contribution in [1.82, 2.24) is 9.80 Å². The molecule has 1 aliphatic heterocycles. The molecule has 1 aromatic rings. The minimum absolute atomic E-state index is 0.0336. The van der Waals surface area contributed by atoms with Gasteiger partial charge in [-0.2, -0.15) is 0 Å². The lowest BCUT2D eigenvalue weighted by atomic mass is 9.83. The van der Waals surface area contributed by atoms with Gasteiger partial charge in [0.1, 0.15) is 12.4 Å². The average molecular weight is 446 g/mol. The maximum atomic E-state index is 13.3. The van der Waals surface area contributed by atoms with Gasteiger partial charge in [0.05, 0.1) is 17.7 Å². The normalized spacial score (nSPS) is 25.0. The Bertz CT molecular complexity index is 854. The van der Waals surface area contributed by atoms with E-state index in [0.717, 1.165) is 19.3 Å². The minimum atomic E-state index is -0.227. The Morgan fingerprint density at radius 1 is 1.19 bits per heavy atom. The molecule has 8 heteroatoms. The van der Waals surface area contributed by atoms with E-state index in [1.807, 2.05) is 11.8 Å². The van der Waals surface area contributed by atoms with Gasteiger partial charge >= 0.3 is 0 Å². The minimum Gasteiger partial charge on any atom is -0.491 e. The molecule has 32 heavy (non-hydrogen) atoms. The third kappa shape index (κ3) is 5.41. The summed E-state index contributed by atoms with van der Waals surface area (Å²) in [6.45, 7) is 6.65. The molecule has 1 aliphatic carbocycles. The van der Waals surface area contributed by atoms with E-state index >= 15 is 0 Å². The zero-order valence-corrected chi connectivity index (χ0v) is 19.7. The molecule has 0 saturated heterocycles. The van der Waals surface area contributed by atoms with Crippen LogP contribution in [0.4, 0.5) is 5.69 Å². The van der Waals surface area contributed by atoms with Crippen LogP contribution in [-0.4, -0.2) is 73.5 Å². The number of hydrogen-bond donors (Lipinski definition) is 1. The summed E-state index contributed by atoms with van der Waals surface area (Å²) < 4.78 is 11.8. The van der Waals surface area contributed by atoms with E-state index in [1.165, 1.54) is 6.92 Å². The van der Waals surface area contributed by atoms with Crippen molar-refractivity contribution in [3.05, 3.63) is 23.8 Å². The molecule has 3 atom stereocenters. The van der Waals surface area contributed by atoms with Crippen LogP contribution in [-0.2, 0) is 14.3 Å². The zero-order valence-electron chi connectivity index (χ0n) is 19.7. The summed E-state index contributed by atoms with van der Waals surface area (Å²) in [6.07, 6.45) is 2.76. The topological polar surface area (TPSA) is 88.2 Å². The summed E-state index contributed by atoms with van der Waals surface area (Å²) >= 11 is 0. The molecule has 1 heterocycles. The van der Waals surface area contributed by atoms with Gasteiger partial charge in [-0.15, -0.1) is 0 Å². The van der Waals surface area contributed by atoms with E-state index in [2.05, 4.69) is 12.2 Å². The van der Waals surface area contributed by atoms with Crippen LogP contribution >= 0.6 is 0 Å². The van der Waals surface area contributed by atoms with E-state index in [4.69, 9.17) is 9.47 Å². The lowest BCUT2D eigenvalue weighted by Gasteiger charge is -2.39. The molecule has 176 valence electrons. The number of nitrogens with zero attached hydrogens (tertiary/aromatic N) is 2. The van der Waals surface area contributed by atoms with Gasteiger partial charge in [-0.1, -0.05) is 13.3 Å². The molecule has 2 aliphatic rings. The molecule has 0 spiro atoms. The van der Waals surface area contributed by atoms with E-state index in [1.54, 1.807) is 37.3 Å². The van der Waals surface area contributed by atoms with Gasteiger partial charge < -0.3 is 24.6 Å². The predicted molar refractivity (Wildman–Crippen MR) is 122 cm³/mol. The van der Waals surface area contributed by atoms with E-state index in [0.29, 0.717) is 30.1 Å². The molecule has 1 aromatic carbocycles. The van der Waals surface area contributed by atoms with Crippen LogP contribution < -0.4 is 10.1 Å². The highest BCUT2D eigenvalue weighted by atomic mass is 16.5. The van der Waals surface area contributed by atoms with Gasteiger partial charge in [-0.25, -0.2) is 0 Å². The number of carbonyl (C=O) groups excluding carboxylic acids is 3. The van der Waals surface area contributed by atoms with Crippen molar-refractivity contribution in [2.24, 2.45) is 11.8 Å². The van der Waals surface area contributed by atoms with Crippen LogP contribution in [0.5, 0.6) is 5.75 Å². The molecule has 8 nitrogen and oxygen atoms in total. The fourth-order valence-corrected chi connectivity index (χ4v) is 4.25. The number of carbonyl (C=O) groups is 3. The van der Waals surface area contributed by atoms with Crippen molar-refractivity contribution < 1.29 is 23.9 Å². The lowest BCUT2D eigenvalue weighted by Crippen LogP contribution is -2.51. The van der Waals surface area contributed by atoms with E-state index in [9.17, 15) is 14.4 Å². The third-order valence-electron chi connectivity index (χ3n) is 6.50. The highest BCUT2D eigenvalue weighted by Gasteiger charge is 2.35. The van der Waals surface area contributed by atoms with Crippen LogP contribution in [0.15, 0.2) is 18.2 Å². The Kier molecular flexibility index (Phi) is 7.77. The highest BCUT2D eigenvalue weighted by Crippen LogP contribution is 2.31. The fraction of sp³-hybridized carbons (Fsp3) is 0.625. The van der Waals surface area contributed by atoms with Gasteiger partial charge in [-0.3, -0.25) is 14.4 Å². The SMILES string of the molecule is CO[C@@H]1CN(C)C(=O)c2cc(NC(C)=O)ccc2OC[C@H](C)N(C(=O)C2CCC2)C[C@H]1C.